The molecular weight excluding hydrogens is 264 g/mol. The third kappa shape index (κ3) is 5.00. The standard InChI is InChI=1S/C13H20N2O3S/c1-11-7-4-5-8-12(11)13(16)14-9-6-10-15(2)19(3,17)18/h4-5,7-8H,6,9-10H2,1-3H3,(H,14,16). The maximum absolute atomic E-state index is 11.9. The van der Waals surface area contributed by atoms with Gasteiger partial charge in [-0.2, -0.15) is 0 Å². The topological polar surface area (TPSA) is 66.5 Å². The van der Waals surface area contributed by atoms with Gasteiger partial charge in [0.1, 0.15) is 0 Å². The molecule has 0 atom stereocenters. The SMILES string of the molecule is Cc1ccccc1C(=O)NCCCN(C)S(C)(=O)=O. The molecule has 1 aromatic rings. The summed E-state index contributed by atoms with van der Waals surface area (Å²) >= 11 is 0. The first-order chi connectivity index (χ1) is 8.82. The smallest absolute Gasteiger partial charge is 0.251 e. The monoisotopic (exact) mass is 284 g/mol. The summed E-state index contributed by atoms with van der Waals surface area (Å²) in [4.78, 5) is 11.9. The number of carbonyl (C=O) groups is 1. The molecule has 0 fully saturated rings. The van der Waals surface area contributed by atoms with Crippen LogP contribution in [-0.4, -0.2) is 45.0 Å². The van der Waals surface area contributed by atoms with Gasteiger partial charge in [0.25, 0.3) is 5.91 Å². The molecule has 0 aliphatic heterocycles. The van der Waals surface area contributed by atoms with Crippen LogP contribution in [0.4, 0.5) is 0 Å². The molecule has 0 bridgehead atoms. The molecule has 6 heteroatoms. The number of sulfonamides is 1. The number of rotatable bonds is 6. The van der Waals surface area contributed by atoms with Crippen molar-refractivity contribution in [2.75, 3.05) is 26.4 Å². The van der Waals surface area contributed by atoms with Gasteiger partial charge in [-0.05, 0) is 25.0 Å². The molecule has 1 aromatic carbocycles. The first kappa shape index (κ1) is 15.7. The Labute approximate surface area is 114 Å². The summed E-state index contributed by atoms with van der Waals surface area (Å²) < 4.78 is 23.6. The molecule has 0 radical (unpaired) electrons. The number of nitrogens with one attached hydrogen (secondary N) is 1. The maximum atomic E-state index is 11.9. The van der Waals surface area contributed by atoms with Crippen LogP contribution in [0.2, 0.25) is 0 Å². The van der Waals surface area contributed by atoms with E-state index in [9.17, 15) is 13.2 Å². The average Bonchev–Trinajstić information content (AvgIpc) is 2.33. The summed E-state index contributed by atoms with van der Waals surface area (Å²) in [6, 6.07) is 7.35. The summed E-state index contributed by atoms with van der Waals surface area (Å²) in [7, 11) is -1.62. The van der Waals surface area contributed by atoms with E-state index in [1.54, 1.807) is 6.07 Å². The van der Waals surface area contributed by atoms with Gasteiger partial charge < -0.3 is 5.32 Å². The van der Waals surface area contributed by atoms with Crippen LogP contribution in [0.1, 0.15) is 22.3 Å². The quantitative estimate of drug-likeness (QED) is 0.793. The van der Waals surface area contributed by atoms with Crippen molar-refractivity contribution in [1.82, 2.24) is 9.62 Å². The van der Waals surface area contributed by atoms with Crippen molar-refractivity contribution in [2.24, 2.45) is 0 Å². The van der Waals surface area contributed by atoms with E-state index in [0.717, 1.165) is 5.56 Å². The Hall–Kier alpha value is -1.40. The van der Waals surface area contributed by atoms with Gasteiger partial charge in [0.05, 0.1) is 6.26 Å². The van der Waals surface area contributed by atoms with Gasteiger partial charge in [-0.1, -0.05) is 18.2 Å². The molecular formula is C13H20N2O3S. The first-order valence-corrected chi connectivity index (χ1v) is 7.92. The fourth-order valence-corrected chi connectivity index (χ4v) is 2.05. The van der Waals surface area contributed by atoms with Gasteiger partial charge in [0.2, 0.25) is 10.0 Å². The van der Waals surface area contributed by atoms with Crippen molar-refractivity contribution in [1.29, 1.82) is 0 Å². The summed E-state index contributed by atoms with van der Waals surface area (Å²) in [6.07, 6.45) is 1.75. The summed E-state index contributed by atoms with van der Waals surface area (Å²) in [5.74, 6) is -0.125. The van der Waals surface area contributed by atoms with Gasteiger partial charge in [0.15, 0.2) is 0 Å². The van der Waals surface area contributed by atoms with E-state index < -0.39 is 10.0 Å². The molecule has 1 amide bonds. The molecule has 0 aliphatic carbocycles. The van der Waals surface area contributed by atoms with Gasteiger partial charge >= 0.3 is 0 Å². The number of amides is 1. The predicted molar refractivity (Wildman–Crippen MR) is 75.6 cm³/mol. The van der Waals surface area contributed by atoms with Gasteiger partial charge in [-0.15, -0.1) is 0 Å². The van der Waals surface area contributed by atoms with Crippen LogP contribution in [0.25, 0.3) is 0 Å². The minimum Gasteiger partial charge on any atom is -0.352 e. The van der Waals surface area contributed by atoms with Crippen LogP contribution >= 0.6 is 0 Å². The lowest BCUT2D eigenvalue weighted by Gasteiger charge is -2.14. The molecule has 106 valence electrons. The zero-order valence-corrected chi connectivity index (χ0v) is 12.3. The Kier molecular flexibility index (Phi) is 5.50. The van der Waals surface area contributed by atoms with Crippen molar-refractivity contribution in [3.8, 4) is 0 Å². The summed E-state index contributed by atoms with van der Waals surface area (Å²) in [6.45, 7) is 2.73. The summed E-state index contributed by atoms with van der Waals surface area (Å²) in [5, 5.41) is 2.79. The second-order valence-electron chi connectivity index (χ2n) is 4.51. The van der Waals surface area contributed by atoms with Crippen LogP contribution in [0.15, 0.2) is 24.3 Å². The molecule has 5 nitrogen and oxygen atoms in total. The van der Waals surface area contributed by atoms with Crippen LogP contribution in [0.5, 0.6) is 0 Å². The maximum Gasteiger partial charge on any atom is 0.251 e. The molecule has 0 saturated heterocycles. The van der Waals surface area contributed by atoms with Crippen LogP contribution in [0.3, 0.4) is 0 Å². The van der Waals surface area contributed by atoms with Gasteiger partial charge in [-0.3, -0.25) is 4.79 Å². The normalized spacial score (nSPS) is 11.6. The van der Waals surface area contributed by atoms with Crippen molar-refractivity contribution in [3.63, 3.8) is 0 Å². The van der Waals surface area contributed by atoms with E-state index in [1.807, 2.05) is 25.1 Å². The molecule has 1 N–H and O–H groups in total. The Morgan fingerprint density at radius 3 is 2.53 bits per heavy atom. The number of nitrogens with zero attached hydrogens (tertiary/aromatic N) is 1. The van der Waals surface area contributed by atoms with E-state index in [2.05, 4.69) is 5.32 Å². The molecule has 0 saturated carbocycles. The Balaban J connectivity index is 2.39. The highest BCUT2D eigenvalue weighted by Crippen LogP contribution is 2.06. The van der Waals surface area contributed by atoms with Gasteiger partial charge in [0, 0.05) is 25.7 Å². The molecule has 0 aromatic heterocycles. The highest BCUT2D eigenvalue weighted by atomic mass is 32.2. The lowest BCUT2D eigenvalue weighted by molar-refractivity contribution is 0.0952. The Morgan fingerprint density at radius 2 is 1.95 bits per heavy atom. The summed E-state index contributed by atoms with van der Waals surface area (Å²) in [5.41, 5.74) is 1.58. The zero-order valence-electron chi connectivity index (χ0n) is 11.5. The van der Waals surface area contributed by atoms with Crippen LogP contribution in [-0.2, 0) is 10.0 Å². The van der Waals surface area contributed by atoms with Crippen molar-refractivity contribution < 1.29 is 13.2 Å². The van der Waals surface area contributed by atoms with E-state index in [-0.39, 0.29) is 5.91 Å². The fraction of sp³-hybridized carbons (Fsp3) is 0.462. The number of carbonyl (C=O) groups excluding carboxylic acids is 1. The Bertz CT molecular complexity index is 541. The van der Waals surface area contributed by atoms with E-state index in [4.69, 9.17) is 0 Å². The zero-order chi connectivity index (χ0) is 14.5. The second kappa shape index (κ2) is 6.68. The largest absolute Gasteiger partial charge is 0.352 e. The molecule has 0 spiro atoms. The van der Waals surface area contributed by atoms with Crippen LogP contribution in [0, 0.1) is 6.92 Å². The molecule has 0 aliphatic rings. The average molecular weight is 284 g/mol. The van der Waals surface area contributed by atoms with Crippen molar-refractivity contribution in [3.05, 3.63) is 35.4 Å². The molecule has 19 heavy (non-hydrogen) atoms. The third-order valence-electron chi connectivity index (χ3n) is 2.89. The first-order valence-electron chi connectivity index (χ1n) is 6.07. The fourth-order valence-electron chi connectivity index (χ4n) is 1.59. The highest BCUT2D eigenvalue weighted by Gasteiger charge is 2.11. The number of aryl methyl sites for hydroxylation is 1. The van der Waals surface area contributed by atoms with E-state index in [0.29, 0.717) is 25.1 Å². The second-order valence-corrected chi connectivity index (χ2v) is 6.60. The predicted octanol–water partition coefficient (Wildman–Crippen LogP) is 1.01. The molecule has 0 unspecified atom stereocenters. The van der Waals surface area contributed by atoms with E-state index >= 15 is 0 Å². The lowest BCUT2D eigenvalue weighted by Crippen LogP contribution is -2.31. The minimum absolute atomic E-state index is 0.125. The van der Waals surface area contributed by atoms with Crippen molar-refractivity contribution in [2.45, 2.75) is 13.3 Å². The van der Waals surface area contributed by atoms with Crippen LogP contribution < -0.4 is 5.32 Å². The third-order valence-corrected chi connectivity index (χ3v) is 4.21. The number of hydrogen-bond acceptors (Lipinski definition) is 3. The molecule has 1 rings (SSSR count). The lowest BCUT2D eigenvalue weighted by atomic mass is 10.1. The van der Waals surface area contributed by atoms with E-state index in [1.165, 1.54) is 17.6 Å². The Morgan fingerprint density at radius 1 is 1.32 bits per heavy atom. The number of benzene rings is 1. The highest BCUT2D eigenvalue weighted by molar-refractivity contribution is 7.88. The van der Waals surface area contributed by atoms with Gasteiger partial charge in [-0.25, -0.2) is 12.7 Å². The number of hydrogen-bond donors (Lipinski definition) is 1. The van der Waals surface area contributed by atoms with Crippen molar-refractivity contribution >= 4 is 15.9 Å². The molecule has 0 heterocycles. The minimum atomic E-state index is -3.14.